The van der Waals surface area contributed by atoms with Crippen LogP contribution in [0, 0.1) is 0 Å². The molecule has 0 amide bonds. The third-order valence-corrected chi connectivity index (χ3v) is 5.43. The average Bonchev–Trinajstić information content (AvgIpc) is 2.90. The normalized spacial score (nSPS) is 10.5. The van der Waals surface area contributed by atoms with Crippen LogP contribution in [0.2, 0.25) is 0 Å². The molecule has 3 aromatic carbocycles. The molecule has 0 saturated heterocycles. The van der Waals surface area contributed by atoms with Crippen molar-refractivity contribution in [1.82, 2.24) is 9.13 Å². The topological polar surface area (TPSA) is 96.6 Å². The van der Waals surface area contributed by atoms with Gasteiger partial charge in [0.2, 0.25) is 5.88 Å². The van der Waals surface area contributed by atoms with E-state index in [1.165, 1.54) is 4.57 Å². The lowest BCUT2D eigenvalue weighted by atomic mass is 10.0. The van der Waals surface area contributed by atoms with Gasteiger partial charge in [0, 0.05) is 12.0 Å². The lowest BCUT2D eigenvalue weighted by Gasteiger charge is -2.19. The number of methoxy groups -OCH3 is 1. The molecule has 0 aliphatic carbocycles. The summed E-state index contributed by atoms with van der Waals surface area (Å²) in [5.41, 5.74) is 1.12. The highest BCUT2D eigenvalue weighted by Crippen LogP contribution is 2.21. The molecule has 8 heteroatoms. The third kappa shape index (κ3) is 5.11. The predicted octanol–water partition coefficient (Wildman–Crippen LogP) is 3.60. The summed E-state index contributed by atoms with van der Waals surface area (Å²) in [4.78, 5) is 50.5. The van der Waals surface area contributed by atoms with Crippen molar-refractivity contribution in [2.45, 2.75) is 13.0 Å². The molecule has 0 spiro atoms. The summed E-state index contributed by atoms with van der Waals surface area (Å²) >= 11 is 0. The van der Waals surface area contributed by atoms with E-state index in [9.17, 15) is 19.2 Å². The Morgan fingerprint density at radius 1 is 0.857 bits per heavy atom. The molecule has 1 heterocycles. The highest BCUT2D eigenvalue weighted by molar-refractivity contribution is 5.74. The van der Waals surface area contributed by atoms with Crippen LogP contribution in [0.5, 0.6) is 5.88 Å². The minimum absolute atomic E-state index is 0.0478. The van der Waals surface area contributed by atoms with Crippen LogP contribution in [0.25, 0.3) is 5.69 Å². The van der Waals surface area contributed by atoms with Crippen LogP contribution in [0.15, 0.2) is 94.5 Å². The van der Waals surface area contributed by atoms with Crippen molar-refractivity contribution in [3.05, 3.63) is 128 Å². The summed E-state index contributed by atoms with van der Waals surface area (Å²) in [6, 6.07) is 24.3. The Balaban J connectivity index is 1.99. The number of carbonyl (C=O) groups excluding carboxylic acids is 2. The van der Waals surface area contributed by atoms with E-state index in [2.05, 4.69) is 4.74 Å². The first-order valence-corrected chi connectivity index (χ1v) is 10.8. The molecule has 4 aromatic rings. The van der Waals surface area contributed by atoms with Crippen molar-refractivity contribution in [2.75, 3.05) is 7.11 Å². The van der Waals surface area contributed by atoms with Gasteiger partial charge in [0.25, 0.3) is 5.56 Å². The van der Waals surface area contributed by atoms with Gasteiger partial charge in [-0.15, -0.1) is 0 Å². The number of hydrogen-bond acceptors (Lipinski definition) is 6. The van der Waals surface area contributed by atoms with Gasteiger partial charge in [-0.1, -0.05) is 72.8 Å². The number of aldehydes is 1. The number of para-hydroxylation sites is 1. The van der Waals surface area contributed by atoms with Gasteiger partial charge >= 0.3 is 11.8 Å². The zero-order valence-corrected chi connectivity index (χ0v) is 18.9. The number of ether oxygens (including phenoxy) is 2. The van der Waals surface area contributed by atoms with Gasteiger partial charge in [0.1, 0.15) is 6.29 Å². The molecule has 1 aromatic heterocycles. The Morgan fingerprint density at radius 3 is 2.09 bits per heavy atom. The standard InChI is InChI=1S/C27H22N2O6/c1-34-27(33)35-25-23(16-19-12-14-21(18-30)15-13-19)24(31)29(22-10-6-3-7-11-22)26(32)28(25)17-20-8-4-2-5-9-20/h2-15,18H,16-17H2,1H3. The smallest absolute Gasteiger partial charge is 0.437 e. The molecule has 4 rings (SSSR count). The van der Waals surface area contributed by atoms with E-state index < -0.39 is 17.4 Å². The molecule has 0 aliphatic heterocycles. The number of benzene rings is 3. The van der Waals surface area contributed by atoms with E-state index >= 15 is 0 Å². The second-order valence-corrected chi connectivity index (χ2v) is 7.71. The van der Waals surface area contributed by atoms with Gasteiger partial charge in [-0.3, -0.25) is 14.2 Å². The molecular weight excluding hydrogens is 448 g/mol. The van der Waals surface area contributed by atoms with Gasteiger partial charge < -0.3 is 9.47 Å². The van der Waals surface area contributed by atoms with Crippen LogP contribution >= 0.6 is 0 Å². The minimum atomic E-state index is -1.05. The Bertz CT molecular complexity index is 1460. The Morgan fingerprint density at radius 2 is 1.49 bits per heavy atom. The fourth-order valence-corrected chi connectivity index (χ4v) is 3.70. The average molecular weight is 470 g/mol. The largest absolute Gasteiger partial charge is 0.514 e. The second-order valence-electron chi connectivity index (χ2n) is 7.71. The lowest BCUT2D eigenvalue weighted by Crippen LogP contribution is -2.42. The molecule has 0 atom stereocenters. The highest BCUT2D eigenvalue weighted by atomic mass is 16.7. The van der Waals surface area contributed by atoms with E-state index in [4.69, 9.17) is 4.74 Å². The highest BCUT2D eigenvalue weighted by Gasteiger charge is 2.24. The summed E-state index contributed by atoms with van der Waals surface area (Å²) in [6.07, 6.45) is -0.287. The maximum atomic E-state index is 13.7. The SMILES string of the molecule is COC(=O)Oc1c(Cc2ccc(C=O)cc2)c(=O)n(-c2ccccc2)c(=O)n1Cc1ccccc1. The molecule has 0 bridgehead atoms. The van der Waals surface area contributed by atoms with Crippen molar-refractivity contribution in [1.29, 1.82) is 0 Å². The van der Waals surface area contributed by atoms with Crippen molar-refractivity contribution >= 4 is 12.4 Å². The fourth-order valence-electron chi connectivity index (χ4n) is 3.70. The maximum absolute atomic E-state index is 13.7. The number of rotatable bonds is 7. The fraction of sp³-hybridized carbons (Fsp3) is 0.111. The van der Waals surface area contributed by atoms with Crippen LogP contribution in [0.1, 0.15) is 27.0 Å². The molecule has 0 N–H and O–H groups in total. The van der Waals surface area contributed by atoms with E-state index in [0.29, 0.717) is 16.8 Å². The van der Waals surface area contributed by atoms with Gasteiger partial charge in [0.05, 0.1) is 24.9 Å². The Kier molecular flexibility index (Phi) is 7.02. The van der Waals surface area contributed by atoms with Crippen LogP contribution in [-0.4, -0.2) is 28.7 Å². The Hall–Kier alpha value is -4.72. The molecule has 0 fully saturated rings. The Labute approximate surface area is 200 Å². The number of carbonyl (C=O) groups is 2. The summed E-state index contributed by atoms with van der Waals surface area (Å²) < 4.78 is 12.4. The quantitative estimate of drug-likeness (QED) is 0.303. The first-order chi connectivity index (χ1) is 17.0. The molecule has 0 saturated carbocycles. The van der Waals surface area contributed by atoms with Gasteiger partial charge in [0.15, 0.2) is 0 Å². The maximum Gasteiger partial charge on any atom is 0.514 e. The van der Waals surface area contributed by atoms with E-state index in [0.717, 1.165) is 23.5 Å². The zero-order valence-electron chi connectivity index (χ0n) is 18.9. The molecule has 176 valence electrons. The van der Waals surface area contributed by atoms with E-state index in [1.807, 2.05) is 30.3 Å². The van der Waals surface area contributed by atoms with Gasteiger partial charge in [-0.2, -0.15) is 0 Å². The van der Waals surface area contributed by atoms with Crippen molar-refractivity contribution in [3.63, 3.8) is 0 Å². The first kappa shape index (κ1) is 23.4. The molecule has 0 radical (unpaired) electrons. The van der Waals surface area contributed by atoms with Crippen LogP contribution in [0.3, 0.4) is 0 Å². The summed E-state index contributed by atoms with van der Waals surface area (Å²) in [5, 5.41) is 0. The zero-order chi connectivity index (χ0) is 24.8. The van der Waals surface area contributed by atoms with Crippen molar-refractivity contribution in [2.24, 2.45) is 0 Å². The molecule has 0 aliphatic rings. The van der Waals surface area contributed by atoms with Crippen LogP contribution in [-0.2, 0) is 17.7 Å². The predicted molar refractivity (Wildman–Crippen MR) is 130 cm³/mol. The van der Waals surface area contributed by atoms with Gasteiger partial charge in [-0.05, 0) is 23.3 Å². The molecule has 8 nitrogen and oxygen atoms in total. The number of hydrogen-bond donors (Lipinski definition) is 0. The molecular formula is C27H22N2O6. The third-order valence-electron chi connectivity index (χ3n) is 5.43. The monoisotopic (exact) mass is 470 g/mol. The lowest BCUT2D eigenvalue weighted by molar-refractivity contribution is 0.112. The van der Waals surface area contributed by atoms with E-state index in [1.54, 1.807) is 54.6 Å². The van der Waals surface area contributed by atoms with Crippen LogP contribution < -0.4 is 16.0 Å². The molecule has 35 heavy (non-hydrogen) atoms. The molecule has 0 unspecified atom stereocenters. The first-order valence-electron chi connectivity index (χ1n) is 10.8. The number of nitrogens with zero attached hydrogens (tertiary/aromatic N) is 2. The van der Waals surface area contributed by atoms with E-state index in [-0.39, 0.29) is 24.4 Å². The minimum Gasteiger partial charge on any atom is -0.437 e. The summed E-state index contributed by atoms with van der Waals surface area (Å²) in [6.45, 7) is 0.0518. The van der Waals surface area contributed by atoms with Crippen LogP contribution in [0.4, 0.5) is 4.79 Å². The van der Waals surface area contributed by atoms with Crippen molar-refractivity contribution in [3.8, 4) is 11.6 Å². The second kappa shape index (κ2) is 10.5. The van der Waals surface area contributed by atoms with Crippen molar-refractivity contribution < 1.29 is 19.1 Å². The summed E-state index contributed by atoms with van der Waals surface area (Å²) in [5.74, 6) is -0.192. The number of aromatic nitrogens is 2. The summed E-state index contributed by atoms with van der Waals surface area (Å²) in [7, 11) is 1.14. The van der Waals surface area contributed by atoms with Gasteiger partial charge in [-0.25, -0.2) is 14.2 Å².